The predicted molar refractivity (Wildman–Crippen MR) is 78.1 cm³/mol. The Bertz CT molecular complexity index is 461. The van der Waals surface area contributed by atoms with Gasteiger partial charge in [-0.3, -0.25) is 0 Å². The molecule has 0 fully saturated rings. The van der Waals surface area contributed by atoms with Crippen LogP contribution in [0.15, 0.2) is 24.3 Å². The Morgan fingerprint density at radius 3 is 2.24 bits per heavy atom. The number of benzene rings is 1. The van der Waals surface area contributed by atoms with Crippen molar-refractivity contribution in [2.75, 3.05) is 6.54 Å². The first-order chi connectivity index (χ1) is 9.39. The average Bonchev–Trinajstić information content (AvgIpc) is 2.25. The maximum absolute atomic E-state index is 12.7. The fourth-order valence-corrected chi connectivity index (χ4v) is 2.09. The molecule has 1 atom stereocenters. The molecule has 0 aromatic heterocycles. The summed E-state index contributed by atoms with van der Waals surface area (Å²) in [5, 5.41) is 13.6. The fourth-order valence-electron chi connectivity index (χ4n) is 2.09. The van der Waals surface area contributed by atoms with Gasteiger partial charge in [0.25, 0.3) is 0 Å². The average molecular weight is 303 g/mol. The highest BCUT2D eigenvalue weighted by Crippen LogP contribution is 2.30. The zero-order valence-corrected chi connectivity index (χ0v) is 13.0. The van der Waals surface area contributed by atoms with Gasteiger partial charge in [0.2, 0.25) is 0 Å². The lowest BCUT2D eigenvalue weighted by Crippen LogP contribution is -2.40. The van der Waals surface area contributed by atoms with Crippen LogP contribution in [0.25, 0.3) is 0 Å². The second-order valence-electron chi connectivity index (χ2n) is 6.80. The molecule has 2 nitrogen and oxygen atoms in total. The minimum absolute atomic E-state index is 0.0493. The number of aliphatic hydroxyl groups is 1. The molecule has 0 amide bonds. The third kappa shape index (κ3) is 6.96. The first-order valence-electron chi connectivity index (χ1n) is 7.03. The summed E-state index contributed by atoms with van der Waals surface area (Å²) in [6.07, 6.45) is -3.68. The topological polar surface area (TPSA) is 32.3 Å². The molecular formula is C16H24F3NO. The Balaban J connectivity index is 2.67. The quantitative estimate of drug-likeness (QED) is 0.867. The summed E-state index contributed by atoms with van der Waals surface area (Å²) in [7, 11) is 0. The standard InChI is InChI=1S/C16H24F3NO/c1-14(2,3)20-9-8-15(4,21)11-12-6-5-7-13(10-12)16(17,18)19/h5-7,10,20-21H,8-9,11H2,1-4H3. The molecule has 0 radical (unpaired) electrons. The monoisotopic (exact) mass is 303 g/mol. The van der Waals surface area contributed by atoms with Crippen molar-refractivity contribution >= 4 is 0 Å². The Morgan fingerprint density at radius 2 is 1.71 bits per heavy atom. The lowest BCUT2D eigenvalue weighted by Gasteiger charge is -2.27. The number of hydrogen-bond acceptors (Lipinski definition) is 2. The Morgan fingerprint density at radius 1 is 1.10 bits per heavy atom. The van der Waals surface area contributed by atoms with Gasteiger partial charge in [0.05, 0.1) is 11.2 Å². The number of rotatable bonds is 5. The highest BCUT2D eigenvalue weighted by molar-refractivity contribution is 5.26. The van der Waals surface area contributed by atoms with E-state index in [4.69, 9.17) is 0 Å². The van der Waals surface area contributed by atoms with Gasteiger partial charge in [0, 0.05) is 12.0 Å². The molecule has 120 valence electrons. The second kappa shape index (κ2) is 6.36. The molecule has 0 heterocycles. The molecule has 1 rings (SSSR count). The van der Waals surface area contributed by atoms with E-state index < -0.39 is 17.3 Å². The van der Waals surface area contributed by atoms with Crippen molar-refractivity contribution in [1.82, 2.24) is 5.32 Å². The molecule has 1 aromatic carbocycles. The molecule has 2 N–H and O–H groups in total. The summed E-state index contributed by atoms with van der Waals surface area (Å²) in [4.78, 5) is 0. The van der Waals surface area contributed by atoms with Gasteiger partial charge >= 0.3 is 6.18 Å². The zero-order chi connectivity index (χ0) is 16.3. The van der Waals surface area contributed by atoms with E-state index in [9.17, 15) is 18.3 Å². The predicted octanol–water partition coefficient (Wildman–Crippen LogP) is 3.78. The molecule has 0 bridgehead atoms. The molecule has 0 aliphatic heterocycles. The smallest absolute Gasteiger partial charge is 0.390 e. The van der Waals surface area contributed by atoms with Gasteiger partial charge in [-0.2, -0.15) is 13.2 Å². The molecule has 0 spiro atoms. The molecule has 1 unspecified atom stereocenters. The minimum atomic E-state index is -4.35. The largest absolute Gasteiger partial charge is 0.416 e. The van der Waals surface area contributed by atoms with Gasteiger partial charge in [-0.25, -0.2) is 0 Å². The third-order valence-electron chi connectivity index (χ3n) is 3.16. The van der Waals surface area contributed by atoms with Crippen LogP contribution < -0.4 is 5.32 Å². The Labute approximate surface area is 124 Å². The van der Waals surface area contributed by atoms with Gasteiger partial charge in [-0.15, -0.1) is 0 Å². The second-order valence-corrected chi connectivity index (χ2v) is 6.80. The van der Waals surface area contributed by atoms with Crippen LogP contribution in [-0.2, 0) is 12.6 Å². The lowest BCUT2D eigenvalue weighted by molar-refractivity contribution is -0.137. The van der Waals surface area contributed by atoms with Gasteiger partial charge in [0.15, 0.2) is 0 Å². The van der Waals surface area contributed by atoms with Crippen LogP contribution >= 0.6 is 0 Å². The maximum Gasteiger partial charge on any atom is 0.416 e. The van der Waals surface area contributed by atoms with Crippen molar-refractivity contribution in [3.8, 4) is 0 Å². The van der Waals surface area contributed by atoms with Gasteiger partial charge < -0.3 is 10.4 Å². The first-order valence-corrected chi connectivity index (χ1v) is 7.03. The summed E-state index contributed by atoms with van der Waals surface area (Å²) in [6, 6.07) is 5.13. The Kier molecular flexibility index (Phi) is 5.45. The van der Waals surface area contributed by atoms with Crippen LogP contribution in [0, 0.1) is 0 Å². The first kappa shape index (κ1) is 18.0. The van der Waals surface area contributed by atoms with Gasteiger partial charge in [-0.1, -0.05) is 18.2 Å². The third-order valence-corrected chi connectivity index (χ3v) is 3.16. The van der Waals surface area contributed by atoms with Crippen LogP contribution in [0.3, 0.4) is 0 Å². The molecule has 1 aromatic rings. The highest BCUT2D eigenvalue weighted by atomic mass is 19.4. The summed E-state index contributed by atoms with van der Waals surface area (Å²) in [6.45, 7) is 8.32. The summed E-state index contributed by atoms with van der Waals surface area (Å²) in [5.74, 6) is 0. The van der Waals surface area contributed by atoms with Crippen LogP contribution in [0.5, 0.6) is 0 Å². The van der Waals surface area contributed by atoms with Crippen molar-refractivity contribution in [1.29, 1.82) is 0 Å². The van der Waals surface area contributed by atoms with Crippen LogP contribution in [0.2, 0.25) is 0 Å². The number of alkyl halides is 3. The number of halogens is 3. The number of nitrogens with one attached hydrogen (secondary N) is 1. The van der Waals surface area contributed by atoms with Crippen LogP contribution in [0.4, 0.5) is 13.2 Å². The Hall–Kier alpha value is -1.07. The molecule has 0 aliphatic rings. The van der Waals surface area contributed by atoms with E-state index in [2.05, 4.69) is 5.32 Å². The van der Waals surface area contributed by atoms with Crippen LogP contribution in [0.1, 0.15) is 45.2 Å². The molecule has 0 saturated heterocycles. The number of hydrogen-bond donors (Lipinski definition) is 2. The van der Waals surface area contributed by atoms with Crippen molar-refractivity contribution in [2.45, 2.75) is 57.9 Å². The van der Waals surface area contributed by atoms with Crippen LogP contribution in [-0.4, -0.2) is 22.8 Å². The summed E-state index contributed by atoms with van der Waals surface area (Å²) in [5.41, 5.74) is -1.27. The van der Waals surface area contributed by atoms with E-state index in [1.165, 1.54) is 6.07 Å². The highest BCUT2D eigenvalue weighted by Gasteiger charge is 2.31. The zero-order valence-electron chi connectivity index (χ0n) is 13.0. The maximum atomic E-state index is 12.7. The van der Waals surface area contributed by atoms with E-state index in [1.54, 1.807) is 13.0 Å². The SMILES string of the molecule is CC(O)(CCNC(C)(C)C)Cc1cccc(C(F)(F)F)c1. The van der Waals surface area contributed by atoms with Gasteiger partial charge in [-0.05, 0) is 52.3 Å². The van der Waals surface area contributed by atoms with E-state index in [0.717, 1.165) is 12.1 Å². The normalized spacial score (nSPS) is 15.8. The van der Waals surface area contributed by atoms with Gasteiger partial charge in [0.1, 0.15) is 0 Å². The van der Waals surface area contributed by atoms with Crippen molar-refractivity contribution in [2.24, 2.45) is 0 Å². The van der Waals surface area contributed by atoms with Crippen molar-refractivity contribution in [3.63, 3.8) is 0 Å². The van der Waals surface area contributed by atoms with E-state index in [1.807, 2.05) is 20.8 Å². The molecule has 0 aliphatic carbocycles. The summed E-state index contributed by atoms with van der Waals surface area (Å²) < 4.78 is 38.0. The molecule has 5 heteroatoms. The summed E-state index contributed by atoms with van der Waals surface area (Å²) >= 11 is 0. The van der Waals surface area contributed by atoms with Crippen molar-refractivity contribution < 1.29 is 18.3 Å². The molecule has 0 saturated carbocycles. The van der Waals surface area contributed by atoms with Crippen molar-refractivity contribution in [3.05, 3.63) is 35.4 Å². The molecule has 21 heavy (non-hydrogen) atoms. The lowest BCUT2D eigenvalue weighted by atomic mass is 9.92. The minimum Gasteiger partial charge on any atom is -0.390 e. The van der Waals surface area contributed by atoms with E-state index in [0.29, 0.717) is 18.5 Å². The fraction of sp³-hybridized carbons (Fsp3) is 0.625. The van der Waals surface area contributed by atoms with E-state index >= 15 is 0 Å². The van der Waals surface area contributed by atoms with E-state index in [-0.39, 0.29) is 12.0 Å². The molecular weight excluding hydrogens is 279 g/mol.